The van der Waals surface area contributed by atoms with Crippen molar-refractivity contribution in [2.45, 2.75) is 36.7 Å². The zero-order chi connectivity index (χ0) is 18.7. The van der Waals surface area contributed by atoms with Crippen LogP contribution in [0.25, 0.3) is 0 Å². The van der Waals surface area contributed by atoms with Gasteiger partial charge >= 0.3 is 59.1 Å². The van der Waals surface area contributed by atoms with Gasteiger partial charge in [0.25, 0.3) is 5.91 Å². The molecule has 2 amide bonds. The number of nitrogens with one attached hydrogen (secondary N) is 1. The van der Waals surface area contributed by atoms with Crippen LogP contribution in [-0.2, 0) is 19.2 Å². The van der Waals surface area contributed by atoms with E-state index in [2.05, 4.69) is 5.32 Å². The molecule has 0 aromatic carbocycles. The van der Waals surface area contributed by atoms with E-state index >= 15 is 0 Å². The number of carbonyl (C=O) groups is 4. The quantitative estimate of drug-likeness (QED) is 0.256. The molecule has 10 nitrogen and oxygen atoms in total. The number of carboxylic acids is 2. The summed E-state index contributed by atoms with van der Waals surface area (Å²) in [5.74, 6) is -3.80. The first-order chi connectivity index (χ1) is 11.8. The van der Waals surface area contributed by atoms with Crippen molar-refractivity contribution in [1.82, 2.24) is 10.2 Å². The second kappa shape index (κ2) is 11.8. The summed E-state index contributed by atoms with van der Waals surface area (Å²) in [5, 5.41) is 32.8. The van der Waals surface area contributed by atoms with Gasteiger partial charge in [-0.2, -0.15) is 0 Å². The predicted octanol–water partition coefficient (Wildman–Crippen LogP) is -10.4. The second-order valence-electron chi connectivity index (χ2n) is 5.67. The molecule has 0 bridgehead atoms. The minimum atomic E-state index is -1.55. The Bertz CT molecular complexity index is 646. The molecule has 4 N–H and O–H groups in total. The van der Waals surface area contributed by atoms with E-state index in [0.717, 1.165) is 4.90 Å². The average Bonchev–Trinajstić information content (AvgIpc) is 2.57. The number of hydrogen-bond donors (Lipinski definition) is 3. The Kier molecular flexibility index (Phi) is 11.7. The monoisotopic (exact) mass is 417 g/mol. The van der Waals surface area contributed by atoms with Crippen LogP contribution in [-0.4, -0.2) is 63.6 Å². The summed E-state index contributed by atoms with van der Waals surface area (Å²) < 4.78 is 0. The third-order valence-corrected chi connectivity index (χ3v) is 5.31. The number of hydrogen-bond acceptors (Lipinski definition) is 9. The van der Waals surface area contributed by atoms with Crippen molar-refractivity contribution in [3.8, 4) is 0 Å². The third-order valence-electron chi connectivity index (χ3n) is 3.97. The molecule has 1 fully saturated rings. The van der Waals surface area contributed by atoms with Crippen molar-refractivity contribution in [3.63, 3.8) is 0 Å². The molecule has 0 unspecified atom stereocenters. The fourth-order valence-corrected chi connectivity index (χ4v) is 3.97. The minimum Gasteiger partial charge on any atom is -0.548 e. The Morgan fingerprint density at radius 2 is 1.96 bits per heavy atom. The number of rotatable bonds is 8. The number of carboxylic acid groups (broad SMARTS) is 2. The van der Waals surface area contributed by atoms with Gasteiger partial charge in [0, 0.05) is 18.2 Å². The number of nitrogens with two attached hydrogens (primary N) is 1. The van der Waals surface area contributed by atoms with Gasteiger partial charge in [-0.15, -0.1) is 11.8 Å². The molecule has 2 rings (SSSR count). The summed E-state index contributed by atoms with van der Waals surface area (Å²) >= 11 is 1.23. The molecule has 0 spiro atoms. The van der Waals surface area contributed by atoms with Gasteiger partial charge in [0.2, 0.25) is 5.91 Å². The summed E-state index contributed by atoms with van der Waals surface area (Å²) in [6.07, 6.45) is 0.256. The Morgan fingerprint density at radius 1 is 1.33 bits per heavy atom. The third kappa shape index (κ3) is 6.18. The molecule has 2 aliphatic heterocycles. The first-order valence-electron chi connectivity index (χ1n) is 7.52. The average molecular weight is 417 g/mol. The van der Waals surface area contributed by atoms with Crippen LogP contribution < -0.4 is 80.4 Å². The van der Waals surface area contributed by atoms with E-state index in [9.17, 15) is 34.5 Å². The molecule has 1 saturated heterocycles. The van der Waals surface area contributed by atoms with Crippen LogP contribution in [0.1, 0.15) is 19.3 Å². The number of fused-ring (bicyclic) bond motifs is 1. The summed E-state index contributed by atoms with van der Waals surface area (Å²) in [4.78, 5) is 46.7. The van der Waals surface area contributed by atoms with Gasteiger partial charge in [0.05, 0.1) is 24.2 Å². The van der Waals surface area contributed by atoms with Crippen molar-refractivity contribution in [2.24, 2.45) is 5.73 Å². The maximum Gasteiger partial charge on any atom is 1.00 e. The minimum absolute atomic E-state index is 0. The largest absolute Gasteiger partial charge is 1.00 e. The van der Waals surface area contributed by atoms with Gasteiger partial charge in [0.1, 0.15) is 11.4 Å². The van der Waals surface area contributed by atoms with Gasteiger partial charge < -0.3 is 36.0 Å². The van der Waals surface area contributed by atoms with Crippen LogP contribution in [0.15, 0.2) is 11.3 Å². The fraction of sp³-hybridized carbons (Fsp3) is 0.571. The smallest absolute Gasteiger partial charge is 0.548 e. The van der Waals surface area contributed by atoms with E-state index in [4.69, 9.17) is 5.73 Å². The van der Waals surface area contributed by atoms with E-state index in [0.29, 0.717) is 0 Å². The second-order valence-corrected chi connectivity index (χ2v) is 6.78. The first kappa shape index (κ1) is 26.9. The number of thioether (sulfide) groups is 1. The number of amides is 2. The summed E-state index contributed by atoms with van der Waals surface area (Å²) in [7, 11) is 0. The van der Waals surface area contributed by atoms with Crippen molar-refractivity contribution >= 4 is 35.5 Å². The van der Waals surface area contributed by atoms with Gasteiger partial charge in [-0.05, 0) is 18.4 Å². The van der Waals surface area contributed by atoms with Gasteiger partial charge in [0.15, 0.2) is 0 Å². The number of aliphatic hydroxyl groups is 1. The van der Waals surface area contributed by atoms with E-state index in [1.807, 2.05) is 0 Å². The van der Waals surface area contributed by atoms with Crippen LogP contribution in [0.2, 0.25) is 0 Å². The molecule has 0 saturated carbocycles. The Balaban J connectivity index is 0.00000338. The van der Waals surface area contributed by atoms with E-state index < -0.39 is 47.8 Å². The summed E-state index contributed by atoms with van der Waals surface area (Å²) in [6.45, 7) is -0.497. The molecule has 2 heterocycles. The Labute approximate surface area is 203 Å². The van der Waals surface area contributed by atoms with Crippen molar-refractivity contribution < 1.29 is 93.6 Å². The SMILES string of the molecule is N[C@H](CCCC(=O)N[C@@H]1C(=O)N2C(C(=O)[O-])=C(CO)CS[C@H]12)C(=O)[O-].[Na+].[Na+]. The summed E-state index contributed by atoms with van der Waals surface area (Å²) in [6, 6.07) is -2.03. The zero-order valence-corrected chi connectivity index (χ0v) is 19.9. The first-order valence-corrected chi connectivity index (χ1v) is 8.57. The molecule has 2 aliphatic rings. The number of aliphatic carboxylic acids is 2. The van der Waals surface area contributed by atoms with E-state index in [1.54, 1.807) is 0 Å². The van der Waals surface area contributed by atoms with Gasteiger partial charge in [-0.25, -0.2) is 0 Å². The molecule has 27 heavy (non-hydrogen) atoms. The van der Waals surface area contributed by atoms with Crippen LogP contribution in [0.4, 0.5) is 0 Å². The van der Waals surface area contributed by atoms with Crippen LogP contribution in [0.5, 0.6) is 0 Å². The number of aliphatic hydroxyl groups excluding tert-OH is 1. The Hall–Kier alpha value is -0.110. The van der Waals surface area contributed by atoms with E-state index in [-0.39, 0.29) is 95.4 Å². The molecule has 0 radical (unpaired) electrons. The molecule has 138 valence electrons. The molecule has 13 heteroatoms. The standard InChI is InChI=1S/C14H19N3O7S.2Na/c15-7(13(21)22)2-1-3-8(19)16-9-11(20)17-10(14(23)24)6(4-18)5-25-12(9)17;;/h7,9,12,18H,1-5,15H2,(H,16,19)(H,21,22)(H,23,24);;/q;2*+1/p-2/t7-,9-,12-;;/m1../s1. The molecule has 0 aliphatic carbocycles. The van der Waals surface area contributed by atoms with Crippen LogP contribution in [0.3, 0.4) is 0 Å². The van der Waals surface area contributed by atoms with Crippen molar-refractivity contribution in [3.05, 3.63) is 11.3 Å². The van der Waals surface area contributed by atoms with Crippen molar-refractivity contribution in [1.29, 1.82) is 0 Å². The summed E-state index contributed by atoms with van der Waals surface area (Å²) in [5.41, 5.74) is 5.12. The van der Waals surface area contributed by atoms with Crippen LogP contribution in [0, 0.1) is 0 Å². The predicted molar refractivity (Wildman–Crippen MR) is 81.0 cm³/mol. The van der Waals surface area contributed by atoms with Crippen molar-refractivity contribution in [2.75, 3.05) is 12.4 Å². The fourth-order valence-electron chi connectivity index (χ4n) is 2.64. The van der Waals surface area contributed by atoms with Gasteiger partial charge in [-0.3, -0.25) is 14.5 Å². The maximum atomic E-state index is 12.2. The number of carbonyl (C=O) groups excluding carboxylic acids is 4. The number of β-lactam (4-membered cyclic amide) rings is 1. The van der Waals surface area contributed by atoms with Gasteiger partial charge in [-0.1, -0.05) is 0 Å². The normalized spacial score (nSPS) is 21.9. The molecule has 0 aromatic rings. The molecule has 3 atom stereocenters. The maximum absolute atomic E-state index is 12.2. The van der Waals surface area contributed by atoms with E-state index in [1.165, 1.54) is 11.8 Å². The molecule has 0 aromatic heterocycles. The molecular formula is C14H17N3Na2O7S. The molecular weight excluding hydrogens is 400 g/mol. The number of nitrogens with zero attached hydrogens (tertiary/aromatic N) is 1. The Morgan fingerprint density at radius 3 is 2.48 bits per heavy atom. The topological polar surface area (TPSA) is 176 Å². The zero-order valence-electron chi connectivity index (χ0n) is 15.1. The van der Waals surface area contributed by atoms with Crippen LogP contribution >= 0.6 is 11.8 Å².